The Morgan fingerprint density at radius 3 is 3.00 bits per heavy atom. The summed E-state index contributed by atoms with van der Waals surface area (Å²) < 4.78 is 1.86. The lowest BCUT2D eigenvalue weighted by Gasteiger charge is -1.94. The quantitative estimate of drug-likeness (QED) is 0.644. The fourth-order valence-electron chi connectivity index (χ4n) is 1.27. The van der Waals surface area contributed by atoms with E-state index in [9.17, 15) is 4.79 Å². The molecular weight excluding hydrogens is 224 g/mol. The number of hydrogen-bond acceptors (Lipinski definition) is 4. The molecule has 0 fully saturated rings. The van der Waals surface area contributed by atoms with Gasteiger partial charge in [0.25, 0.3) is 0 Å². The molecule has 0 aliphatic rings. The van der Waals surface area contributed by atoms with Crippen LogP contribution in [0, 0.1) is 6.92 Å². The van der Waals surface area contributed by atoms with Crippen molar-refractivity contribution in [3.05, 3.63) is 29.8 Å². The summed E-state index contributed by atoms with van der Waals surface area (Å²) in [6.07, 6.45) is 3.67. The number of aryl methyl sites for hydroxylation is 2. The fraction of sp³-hybridized carbons (Fsp3) is 0.300. The Kier molecular flexibility index (Phi) is 3.09. The van der Waals surface area contributed by atoms with E-state index in [0.29, 0.717) is 10.9 Å². The summed E-state index contributed by atoms with van der Waals surface area (Å²) >= 11 is 1.34. The van der Waals surface area contributed by atoms with E-state index in [2.05, 4.69) is 15.2 Å². The normalized spacial score (nSPS) is 10.6. The molecule has 2 aromatic heterocycles. The highest BCUT2D eigenvalue weighted by atomic mass is 32.2. The van der Waals surface area contributed by atoms with Crippen molar-refractivity contribution in [1.82, 2.24) is 19.7 Å². The number of carbonyl (C=O) groups excluding carboxylic acids is 1. The van der Waals surface area contributed by atoms with Gasteiger partial charge in [-0.1, -0.05) is 11.8 Å². The number of nitrogens with zero attached hydrogens (tertiary/aromatic N) is 3. The number of thioether (sulfide) groups is 1. The average Bonchev–Trinajstić information content (AvgIpc) is 2.84. The van der Waals surface area contributed by atoms with Gasteiger partial charge in [-0.3, -0.25) is 9.89 Å². The molecule has 1 N–H and O–H groups in total. The first kappa shape index (κ1) is 10.9. The van der Waals surface area contributed by atoms with E-state index in [-0.39, 0.29) is 5.78 Å². The van der Waals surface area contributed by atoms with Crippen LogP contribution < -0.4 is 0 Å². The second kappa shape index (κ2) is 4.52. The molecule has 0 aliphatic carbocycles. The molecule has 2 rings (SSSR count). The van der Waals surface area contributed by atoms with Crippen molar-refractivity contribution < 1.29 is 4.79 Å². The zero-order valence-corrected chi connectivity index (χ0v) is 9.91. The fourth-order valence-corrected chi connectivity index (χ4v) is 2.01. The van der Waals surface area contributed by atoms with Gasteiger partial charge in [-0.05, 0) is 13.0 Å². The molecule has 0 saturated carbocycles. The predicted octanol–water partition coefficient (Wildman–Crippen LogP) is 1.43. The van der Waals surface area contributed by atoms with Gasteiger partial charge in [-0.25, -0.2) is 4.98 Å². The van der Waals surface area contributed by atoms with E-state index in [1.807, 2.05) is 37.0 Å². The Labute approximate surface area is 97.3 Å². The van der Waals surface area contributed by atoms with Gasteiger partial charge in [0.15, 0.2) is 5.78 Å². The monoisotopic (exact) mass is 236 g/mol. The number of H-pyrrole nitrogens is 1. The van der Waals surface area contributed by atoms with Crippen molar-refractivity contribution in [3.63, 3.8) is 0 Å². The summed E-state index contributed by atoms with van der Waals surface area (Å²) in [5.74, 6) is 1.21. The maximum Gasteiger partial charge on any atom is 0.208 e. The first-order valence-electron chi connectivity index (χ1n) is 4.82. The molecule has 0 saturated heterocycles. The molecule has 0 radical (unpaired) electrons. The number of hydrogen-bond donors (Lipinski definition) is 1. The molecule has 0 aromatic carbocycles. The second-order valence-corrected chi connectivity index (χ2v) is 4.42. The van der Waals surface area contributed by atoms with Crippen LogP contribution in [0.3, 0.4) is 0 Å². The molecule has 0 spiro atoms. The van der Waals surface area contributed by atoms with E-state index in [1.54, 1.807) is 0 Å². The van der Waals surface area contributed by atoms with Crippen LogP contribution in [0.4, 0.5) is 0 Å². The Hall–Kier alpha value is -1.56. The van der Waals surface area contributed by atoms with Crippen molar-refractivity contribution in [1.29, 1.82) is 0 Å². The molecule has 6 heteroatoms. The number of carbonyl (C=O) groups is 1. The lowest BCUT2D eigenvalue weighted by atomic mass is 10.2. The van der Waals surface area contributed by atoms with Gasteiger partial charge in [0.1, 0.15) is 5.82 Å². The maximum atomic E-state index is 11.7. The third-order valence-corrected chi connectivity index (χ3v) is 2.91. The van der Waals surface area contributed by atoms with Crippen molar-refractivity contribution in [2.75, 3.05) is 5.75 Å². The van der Waals surface area contributed by atoms with Crippen LogP contribution in [0.2, 0.25) is 0 Å². The average molecular weight is 236 g/mol. The van der Waals surface area contributed by atoms with Gasteiger partial charge in [0, 0.05) is 25.0 Å². The predicted molar refractivity (Wildman–Crippen MR) is 61.6 cm³/mol. The number of ketones is 1. The zero-order chi connectivity index (χ0) is 11.5. The molecule has 2 aromatic rings. The Balaban J connectivity index is 1.93. The standard InChI is InChI=1S/C10H12N4OS/c1-7-11-10(13-12-7)16-6-9(15)8-3-4-14(2)5-8/h3-5H,6H2,1-2H3,(H,11,12,13). The third kappa shape index (κ3) is 2.52. The molecule has 0 aliphatic heterocycles. The molecular formula is C10H12N4OS. The summed E-state index contributed by atoms with van der Waals surface area (Å²) in [5.41, 5.74) is 0.724. The van der Waals surface area contributed by atoms with E-state index >= 15 is 0 Å². The van der Waals surface area contributed by atoms with E-state index < -0.39 is 0 Å². The topological polar surface area (TPSA) is 63.6 Å². The minimum Gasteiger partial charge on any atom is -0.357 e. The van der Waals surface area contributed by atoms with Crippen LogP contribution in [0.15, 0.2) is 23.6 Å². The van der Waals surface area contributed by atoms with Crippen LogP contribution in [-0.4, -0.2) is 31.3 Å². The molecule has 5 nitrogen and oxygen atoms in total. The second-order valence-electron chi connectivity index (χ2n) is 3.48. The Morgan fingerprint density at radius 2 is 2.44 bits per heavy atom. The lowest BCUT2D eigenvalue weighted by Crippen LogP contribution is -2.01. The number of aromatic nitrogens is 4. The molecule has 0 bridgehead atoms. The zero-order valence-electron chi connectivity index (χ0n) is 9.10. The molecule has 0 unspecified atom stereocenters. The molecule has 0 atom stereocenters. The summed E-state index contributed by atoms with van der Waals surface area (Å²) in [5, 5.41) is 7.31. The van der Waals surface area contributed by atoms with Crippen LogP contribution >= 0.6 is 11.8 Å². The van der Waals surface area contributed by atoms with Crippen LogP contribution in [0.1, 0.15) is 16.2 Å². The SMILES string of the molecule is Cc1nc(SCC(=O)c2ccn(C)c2)n[nH]1. The highest BCUT2D eigenvalue weighted by molar-refractivity contribution is 7.99. The van der Waals surface area contributed by atoms with Gasteiger partial charge in [-0.2, -0.15) is 0 Å². The smallest absolute Gasteiger partial charge is 0.208 e. The third-order valence-electron chi connectivity index (χ3n) is 2.06. The van der Waals surface area contributed by atoms with Gasteiger partial charge in [0.05, 0.1) is 5.75 Å². The molecule has 84 valence electrons. The van der Waals surface area contributed by atoms with Crippen molar-refractivity contribution in [2.24, 2.45) is 7.05 Å². The van der Waals surface area contributed by atoms with Crippen molar-refractivity contribution in [2.45, 2.75) is 12.1 Å². The summed E-state index contributed by atoms with van der Waals surface area (Å²) in [4.78, 5) is 15.9. The van der Waals surface area contributed by atoms with E-state index in [0.717, 1.165) is 11.4 Å². The molecule has 0 amide bonds. The first-order chi connectivity index (χ1) is 7.65. The number of nitrogens with one attached hydrogen (secondary N) is 1. The van der Waals surface area contributed by atoms with Gasteiger partial charge in [-0.15, -0.1) is 5.10 Å². The molecule has 2 heterocycles. The van der Waals surface area contributed by atoms with Gasteiger partial charge in [0.2, 0.25) is 5.16 Å². The number of rotatable bonds is 4. The Bertz CT molecular complexity index is 502. The first-order valence-corrected chi connectivity index (χ1v) is 5.80. The van der Waals surface area contributed by atoms with Gasteiger partial charge < -0.3 is 4.57 Å². The summed E-state index contributed by atoms with van der Waals surface area (Å²) in [7, 11) is 1.89. The minimum absolute atomic E-state index is 0.0908. The van der Waals surface area contributed by atoms with Crippen molar-refractivity contribution >= 4 is 17.5 Å². The summed E-state index contributed by atoms with van der Waals surface area (Å²) in [6.45, 7) is 1.83. The number of aromatic amines is 1. The van der Waals surface area contributed by atoms with Crippen molar-refractivity contribution in [3.8, 4) is 0 Å². The Morgan fingerprint density at radius 1 is 1.62 bits per heavy atom. The lowest BCUT2D eigenvalue weighted by molar-refractivity contribution is 0.102. The van der Waals surface area contributed by atoms with E-state index in [4.69, 9.17) is 0 Å². The van der Waals surface area contributed by atoms with E-state index in [1.165, 1.54) is 11.8 Å². The number of Topliss-reactive ketones (excluding diaryl/α,β-unsaturated/α-hetero) is 1. The highest BCUT2D eigenvalue weighted by Crippen LogP contribution is 2.14. The maximum absolute atomic E-state index is 11.7. The highest BCUT2D eigenvalue weighted by Gasteiger charge is 2.09. The van der Waals surface area contributed by atoms with Crippen LogP contribution in [-0.2, 0) is 7.05 Å². The summed E-state index contributed by atoms with van der Waals surface area (Å²) in [6, 6.07) is 1.81. The van der Waals surface area contributed by atoms with Crippen LogP contribution in [0.5, 0.6) is 0 Å². The largest absolute Gasteiger partial charge is 0.357 e. The van der Waals surface area contributed by atoms with Crippen LogP contribution in [0.25, 0.3) is 0 Å². The molecule has 16 heavy (non-hydrogen) atoms. The van der Waals surface area contributed by atoms with Gasteiger partial charge >= 0.3 is 0 Å². The minimum atomic E-state index is 0.0908.